The standard InChI is InChI=1S/C12H18ClFN2O3S/c13-9-7-10(14)11(15)8-12(9)20(18,19)16-5-3-1-2-4-6-17/h7-8,16-17H,1-6,15H2. The van der Waals surface area contributed by atoms with Crippen LogP contribution in [-0.4, -0.2) is 26.7 Å². The quantitative estimate of drug-likeness (QED) is 0.503. The van der Waals surface area contributed by atoms with Gasteiger partial charge in [0.05, 0.1) is 10.7 Å². The van der Waals surface area contributed by atoms with E-state index in [9.17, 15) is 12.8 Å². The third-order valence-corrected chi connectivity index (χ3v) is 4.64. The summed E-state index contributed by atoms with van der Waals surface area (Å²) in [6, 6.07) is 1.89. The molecule has 5 nitrogen and oxygen atoms in total. The van der Waals surface area contributed by atoms with Gasteiger partial charge in [-0.1, -0.05) is 24.4 Å². The second-order valence-corrected chi connectivity index (χ2v) is 6.48. The fourth-order valence-corrected chi connectivity index (χ4v) is 3.25. The zero-order valence-corrected chi connectivity index (χ0v) is 12.5. The average molecular weight is 325 g/mol. The van der Waals surface area contributed by atoms with Crippen molar-refractivity contribution in [2.45, 2.75) is 30.6 Å². The molecular weight excluding hydrogens is 307 g/mol. The number of anilines is 1. The van der Waals surface area contributed by atoms with Gasteiger partial charge in [-0.2, -0.15) is 0 Å². The van der Waals surface area contributed by atoms with Crippen molar-refractivity contribution in [2.24, 2.45) is 0 Å². The number of hydrogen-bond donors (Lipinski definition) is 3. The molecule has 0 aliphatic rings. The van der Waals surface area contributed by atoms with E-state index in [0.29, 0.717) is 12.8 Å². The van der Waals surface area contributed by atoms with Crippen molar-refractivity contribution in [3.63, 3.8) is 0 Å². The fourth-order valence-electron chi connectivity index (χ4n) is 1.63. The maximum Gasteiger partial charge on any atom is 0.242 e. The number of rotatable bonds is 8. The molecule has 1 rings (SSSR count). The van der Waals surface area contributed by atoms with E-state index in [0.717, 1.165) is 25.0 Å². The van der Waals surface area contributed by atoms with E-state index >= 15 is 0 Å². The molecular formula is C12H18ClFN2O3S. The zero-order valence-electron chi connectivity index (χ0n) is 10.9. The van der Waals surface area contributed by atoms with Gasteiger partial charge < -0.3 is 10.8 Å². The third-order valence-electron chi connectivity index (χ3n) is 2.72. The fraction of sp³-hybridized carbons (Fsp3) is 0.500. The van der Waals surface area contributed by atoms with Crippen LogP contribution in [0, 0.1) is 5.82 Å². The largest absolute Gasteiger partial charge is 0.396 e. The first kappa shape index (κ1) is 17.2. The summed E-state index contributed by atoms with van der Waals surface area (Å²) in [4.78, 5) is -0.228. The smallest absolute Gasteiger partial charge is 0.242 e. The maximum atomic E-state index is 13.1. The number of nitrogen functional groups attached to an aromatic ring is 1. The minimum Gasteiger partial charge on any atom is -0.396 e. The Kier molecular flexibility index (Phi) is 6.67. The molecule has 0 saturated carbocycles. The van der Waals surface area contributed by atoms with E-state index in [1.807, 2.05) is 0 Å². The molecule has 8 heteroatoms. The Morgan fingerprint density at radius 3 is 2.55 bits per heavy atom. The molecule has 0 saturated heterocycles. The van der Waals surface area contributed by atoms with E-state index in [-0.39, 0.29) is 28.8 Å². The number of aliphatic hydroxyl groups excluding tert-OH is 1. The number of benzene rings is 1. The molecule has 0 aromatic heterocycles. The molecule has 0 heterocycles. The van der Waals surface area contributed by atoms with Crippen LogP contribution in [0.1, 0.15) is 25.7 Å². The summed E-state index contributed by atoms with van der Waals surface area (Å²) in [5.41, 5.74) is 5.08. The Labute approximate surface area is 123 Å². The number of aliphatic hydroxyl groups is 1. The minimum absolute atomic E-state index is 0.135. The average Bonchev–Trinajstić information content (AvgIpc) is 2.37. The summed E-state index contributed by atoms with van der Waals surface area (Å²) in [6.45, 7) is 0.386. The monoisotopic (exact) mass is 324 g/mol. The third kappa shape index (κ3) is 4.90. The van der Waals surface area contributed by atoms with Gasteiger partial charge in [-0.25, -0.2) is 17.5 Å². The van der Waals surface area contributed by atoms with Gasteiger partial charge in [0.1, 0.15) is 10.7 Å². The highest BCUT2D eigenvalue weighted by Crippen LogP contribution is 2.26. The lowest BCUT2D eigenvalue weighted by molar-refractivity contribution is 0.282. The number of hydrogen-bond acceptors (Lipinski definition) is 4. The van der Waals surface area contributed by atoms with Crippen LogP contribution in [0.2, 0.25) is 5.02 Å². The highest BCUT2D eigenvalue weighted by atomic mass is 35.5. The summed E-state index contributed by atoms with van der Waals surface area (Å²) in [6.07, 6.45) is 2.99. The van der Waals surface area contributed by atoms with Gasteiger partial charge in [-0.15, -0.1) is 0 Å². The molecule has 0 aliphatic carbocycles. The van der Waals surface area contributed by atoms with Gasteiger partial charge >= 0.3 is 0 Å². The lowest BCUT2D eigenvalue weighted by Gasteiger charge is -2.09. The van der Waals surface area contributed by atoms with Crippen LogP contribution in [0.15, 0.2) is 17.0 Å². The van der Waals surface area contributed by atoms with Crippen LogP contribution in [0.25, 0.3) is 0 Å². The molecule has 0 unspecified atom stereocenters. The normalized spacial score (nSPS) is 11.8. The lowest BCUT2D eigenvalue weighted by atomic mass is 10.2. The summed E-state index contributed by atoms with van der Waals surface area (Å²) < 4.78 is 39.5. The second-order valence-electron chi connectivity index (χ2n) is 4.34. The first-order valence-electron chi connectivity index (χ1n) is 6.23. The number of unbranched alkanes of at least 4 members (excludes halogenated alkanes) is 3. The number of sulfonamides is 1. The van der Waals surface area contributed by atoms with Gasteiger partial charge in [0.15, 0.2) is 0 Å². The summed E-state index contributed by atoms with van der Waals surface area (Å²) in [5, 5.41) is 8.41. The van der Waals surface area contributed by atoms with Gasteiger partial charge in [-0.3, -0.25) is 0 Å². The molecule has 0 aliphatic heterocycles. The van der Waals surface area contributed by atoms with Crippen molar-refractivity contribution in [3.05, 3.63) is 23.0 Å². The lowest BCUT2D eigenvalue weighted by Crippen LogP contribution is -2.25. The van der Waals surface area contributed by atoms with E-state index < -0.39 is 15.8 Å². The zero-order chi connectivity index (χ0) is 15.2. The van der Waals surface area contributed by atoms with Crippen LogP contribution in [0.3, 0.4) is 0 Å². The Bertz CT molecular complexity index is 552. The van der Waals surface area contributed by atoms with Crippen LogP contribution < -0.4 is 10.5 Å². The molecule has 0 radical (unpaired) electrons. The first-order valence-corrected chi connectivity index (χ1v) is 8.09. The minimum atomic E-state index is -3.80. The maximum absolute atomic E-state index is 13.1. The van der Waals surface area contributed by atoms with Gasteiger partial charge in [0.25, 0.3) is 0 Å². The molecule has 4 N–H and O–H groups in total. The Morgan fingerprint density at radius 2 is 1.90 bits per heavy atom. The Hall–Kier alpha value is -0.890. The Morgan fingerprint density at radius 1 is 1.25 bits per heavy atom. The van der Waals surface area contributed by atoms with E-state index in [4.69, 9.17) is 22.4 Å². The van der Waals surface area contributed by atoms with Crippen molar-refractivity contribution in [1.82, 2.24) is 4.72 Å². The number of nitrogens with one attached hydrogen (secondary N) is 1. The molecule has 0 spiro atoms. The molecule has 20 heavy (non-hydrogen) atoms. The van der Waals surface area contributed by atoms with Crippen molar-refractivity contribution in [1.29, 1.82) is 0 Å². The van der Waals surface area contributed by atoms with E-state index in [1.165, 1.54) is 0 Å². The predicted octanol–water partition coefficient (Wildman–Crippen LogP) is 1.89. The number of halogens is 2. The summed E-state index contributed by atoms with van der Waals surface area (Å²) in [5.74, 6) is -0.752. The van der Waals surface area contributed by atoms with Gasteiger partial charge in [0, 0.05) is 13.2 Å². The van der Waals surface area contributed by atoms with Crippen molar-refractivity contribution in [3.8, 4) is 0 Å². The van der Waals surface area contributed by atoms with Crippen LogP contribution in [0.5, 0.6) is 0 Å². The van der Waals surface area contributed by atoms with Crippen molar-refractivity contribution >= 4 is 27.3 Å². The Balaban J connectivity index is 2.63. The van der Waals surface area contributed by atoms with Crippen molar-refractivity contribution in [2.75, 3.05) is 18.9 Å². The topological polar surface area (TPSA) is 92.4 Å². The molecule has 114 valence electrons. The SMILES string of the molecule is Nc1cc(S(=O)(=O)NCCCCCCO)c(Cl)cc1F. The van der Waals surface area contributed by atoms with Crippen LogP contribution >= 0.6 is 11.6 Å². The molecule has 1 aromatic carbocycles. The van der Waals surface area contributed by atoms with Gasteiger partial charge in [-0.05, 0) is 25.0 Å². The first-order chi connectivity index (χ1) is 9.38. The summed E-state index contributed by atoms with van der Waals surface area (Å²) in [7, 11) is -3.80. The van der Waals surface area contributed by atoms with Crippen molar-refractivity contribution < 1.29 is 17.9 Å². The highest BCUT2D eigenvalue weighted by Gasteiger charge is 2.19. The molecule has 0 amide bonds. The predicted molar refractivity (Wildman–Crippen MR) is 76.6 cm³/mol. The summed E-state index contributed by atoms with van der Waals surface area (Å²) >= 11 is 5.72. The van der Waals surface area contributed by atoms with Gasteiger partial charge in [0.2, 0.25) is 10.0 Å². The van der Waals surface area contributed by atoms with E-state index in [1.54, 1.807) is 0 Å². The molecule has 0 bridgehead atoms. The second kappa shape index (κ2) is 7.78. The van der Waals surface area contributed by atoms with E-state index in [2.05, 4.69) is 4.72 Å². The number of nitrogens with two attached hydrogens (primary N) is 1. The highest BCUT2D eigenvalue weighted by molar-refractivity contribution is 7.89. The van der Waals surface area contributed by atoms with Crippen LogP contribution in [-0.2, 0) is 10.0 Å². The molecule has 1 aromatic rings. The molecule has 0 atom stereocenters. The van der Waals surface area contributed by atoms with Crippen LogP contribution in [0.4, 0.5) is 10.1 Å². The molecule has 0 fully saturated rings.